The molecule has 1 aliphatic rings. The van der Waals surface area contributed by atoms with Gasteiger partial charge in [0.15, 0.2) is 0 Å². The second kappa shape index (κ2) is 6.30. The zero-order valence-electron chi connectivity index (χ0n) is 12.2. The summed E-state index contributed by atoms with van der Waals surface area (Å²) in [5.74, 6) is 0.737. The molecule has 1 heterocycles. The first-order chi connectivity index (χ1) is 9.79. The van der Waals surface area contributed by atoms with Crippen LogP contribution in [-0.2, 0) is 13.0 Å². The number of para-hydroxylation sites is 1. The fourth-order valence-electron chi connectivity index (χ4n) is 3.41. The van der Waals surface area contributed by atoms with E-state index in [0.717, 1.165) is 18.9 Å². The Labute approximate surface area is 129 Å². The molecule has 1 aliphatic carbocycles. The zero-order chi connectivity index (χ0) is 13.9. The lowest BCUT2D eigenvalue weighted by molar-refractivity contribution is 0.468. The number of aromatic nitrogens is 2. The fourth-order valence-corrected chi connectivity index (χ4v) is 4.18. The molecule has 1 aromatic heterocycles. The van der Waals surface area contributed by atoms with Crippen LogP contribution in [0.2, 0.25) is 0 Å². The number of aryl methyl sites for hydroxylation is 1. The summed E-state index contributed by atoms with van der Waals surface area (Å²) in [6.07, 6.45) is 7.91. The number of hydrogen-bond donors (Lipinski definition) is 0. The van der Waals surface area contributed by atoms with Crippen molar-refractivity contribution in [1.29, 1.82) is 0 Å². The summed E-state index contributed by atoms with van der Waals surface area (Å²) in [5, 5.41) is 6.21. The van der Waals surface area contributed by atoms with Gasteiger partial charge in [-0.1, -0.05) is 53.4 Å². The van der Waals surface area contributed by atoms with Gasteiger partial charge < -0.3 is 0 Å². The quantitative estimate of drug-likeness (QED) is 0.574. The molecule has 0 N–H and O–H groups in total. The summed E-state index contributed by atoms with van der Waals surface area (Å²) in [4.78, 5) is 0.663. The van der Waals surface area contributed by atoms with Gasteiger partial charge in [0, 0.05) is 16.8 Å². The standard InChI is InChI=1S/C17H23BrN2/c1-2-20-17-11-7-6-9-14(17)16(19-20)12-13-8-4-3-5-10-15(13)18/h6-7,9,11,13,15H,2-5,8,10,12H2,1H3. The molecule has 0 bridgehead atoms. The van der Waals surface area contributed by atoms with Crippen molar-refractivity contribution in [3.8, 4) is 0 Å². The summed E-state index contributed by atoms with van der Waals surface area (Å²) >= 11 is 3.92. The molecule has 0 radical (unpaired) electrons. The van der Waals surface area contributed by atoms with Gasteiger partial charge in [0.25, 0.3) is 0 Å². The molecule has 20 heavy (non-hydrogen) atoms. The molecule has 3 heteroatoms. The lowest BCUT2D eigenvalue weighted by Gasteiger charge is -2.18. The van der Waals surface area contributed by atoms with Crippen molar-refractivity contribution in [1.82, 2.24) is 9.78 Å². The van der Waals surface area contributed by atoms with Crippen LogP contribution in [0.25, 0.3) is 10.9 Å². The predicted molar refractivity (Wildman–Crippen MR) is 88.4 cm³/mol. The molecule has 1 aromatic carbocycles. The minimum absolute atomic E-state index is 0.663. The average molecular weight is 335 g/mol. The minimum atomic E-state index is 0.663. The maximum absolute atomic E-state index is 4.86. The molecule has 1 fully saturated rings. The van der Waals surface area contributed by atoms with E-state index < -0.39 is 0 Å². The lowest BCUT2D eigenvalue weighted by Crippen LogP contribution is -2.16. The first-order valence-electron chi connectivity index (χ1n) is 7.88. The highest BCUT2D eigenvalue weighted by molar-refractivity contribution is 9.09. The van der Waals surface area contributed by atoms with Crippen molar-refractivity contribution in [2.24, 2.45) is 5.92 Å². The first-order valence-corrected chi connectivity index (χ1v) is 8.79. The van der Waals surface area contributed by atoms with Gasteiger partial charge in [-0.05, 0) is 38.2 Å². The largest absolute Gasteiger partial charge is 0.265 e. The fraction of sp³-hybridized carbons (Fsp3) is 0.588. The third kappa shape index (κ3) is 2.78. The molecule has 0 spiro atoms. The molecule has 1 saturated carbocycles. The highest BCUT2D eigenvalue weighted by atomic mass is 79.9. The third-order valence-corrected chi connectivity index (χ3v) is 5.76. The molecule has 2 aromatic rings. The van der Waals surface area contributed by atoms with Crippen LogP contribution in [-0.4, -0.2) is 14.6 Å². The lowest BCUT2D eigenvalue weighted by atomic mass is 9.94. The first kappa shape index (κ1) is 14.1. The number of nitrogens with zero attached hydrogens (tertiary/aromatic N) is 2. The Balaban J connectivity index is 1.90. The molecule has 0 amide bonds. The number of fused-ring (bicyclic) bond motifs is 1. The van der Waals surface area contributed by atoms with Gasteiger partial charge in [-0.2, -0.15) is 5.10 Å². The van der Waals surface area contributed by atoms with Gasteiger partial charge in [-0.3, -0.25) is 4.68 Å². The van der Waals surface area contributed by atoms with Crippen molar-refractivity contribution in [3.05, 3.63) is 30.0 Å². The van der Waals surface area contributed by atoms with Crippen LogP contribution in [0.1, 0.15) is 44.7 Å². The average Bonchev–Trinajstić information content (AvgIpc) is 2.70. The monoisotopic (exact) mass is 334 g/mol. The zero-order valence-corrected chi connectivity index (χ0v) is 13.8. The molecule has 2 nitrogen and oxygen atoms in total. The summed E-state index contributed by atoms with van der Waals surface area (Å²) < 4.78 is 2.14. The number of hydrogen-bond acceptors (Lipinski definition) is 1. The van der Waals surface area contributed by atoms with E-state index in [0.29, 0.717) is 4.83 Å². The van der Waals surface area contributed by atoms with Crippen LogP contribution in [0.5, 0.6) is 0 Å². The Morgan fingerprint density at radius 1 is 1.20 bits per heavy atom. The van der Waals surface area contributed by atoms with Crippen molar-refractivity contribution in [3.63, 3.8) is 0 Å². The van der Waals surface area contributed by atoms with E-state index in [-0.39, 0.29) is 0 Å². The minimum Gasteiger partial charge on any atom is -0.265 e. The molecule has 108 valence electrons. The Kier molecular flexibility index (Phi) is 4.45. The Hall–Kier alpha value is -0.830. The van der Waals surface area contributed by atoms with Crippen molar-refractivity contribution >= 4 is 26.8 Å². The molecular weight excluding hydrogens is 312 g/mol. The van der Waals surface area contributed by atoms with Crippen molar-refractivity contribution in [2.75, 3.05) is 0 Å². The Bertz CT molecular complexity index is 575. The second-order valence-electron chi connectivity index (χ2n) is 5.90. The summed E-state index contributed by atoms with van der Waals surface area (Å²) in [6.45, 7) is 3.12. The van der Waals surface area contributed by atoms with Gasteiger partial charge in [0.1, 0.15) is 0 Å². The van der Waals surface area contributed by atoms with Gasteiger partial charge >= 0.3 is 0 Å². The number of rotatable bonds is 3. The highest BCUT2D eigenvalue weighted by Gasteiger charge is 2.23. The summed E-state index contributed by atoms with van der Waals surface area (Å²) in [6, 6.07) is 8.66. The van der Waals surface area contributed by atoms with Gasteiger partial charge in [-0.15, -0.1) is 0 Å². The van der Waals surface area contributed by atoms with E-state index in [1.807, 2.05) is 0 Å². The highest BCUT2D eigenvalue weighted by Crippen LogP contribution is 2.32. The van der Waals surface area contributed by atoms with Crippen molar-refractivity contribution < 1.29 is 0 Å². The Morgan fingerprint density at radius 2 is 2.00 bits per heavy atom. The van der Waals surface area contributed by atoms with E-state index in [1.54, 1.807) is 0 Å². The Morgan fingerprint density at radius 3 is 2.85 bits per heavy atom. The summed E-state index contributed by atoms with van der Waals surface area (Å²) in [7, 11) is 0. The van der Waals surface area contributed by atoms with E-state index >= 15 is 0 Å². The van der Waals surface area contributed by atoms with Gasteiger partial charge in [-0.25, -0.2) is 0 Å². The van der Waals surface area contributed by atoms with E-state index in [1.165, 1.54) is 48.7 Å². The SMILES string of the molecule is CCn1nc(CC2CCCCCC2Br)c2ccccc21. The van der Waals surface area contributed by atoms with Crippen LogP contribution < -0.4 is 0 Å². The topological polar surface area (TPSA) is 17.8 Å². The van der Waals surface area contributed by atoms with Crippen LogP contribution >= 0.6 is 15.9 Å². The maximum Gasteiger partial charge on any atom is 0.0706 e. The normalized spacial score (nSPS) is 23.9. The molecular formula is C17H23BrN2. The van der Waals surface area contributed by atoms with Crippen molar-refractivity contribution in [2.45, 2.75) is 56.8 Å². The van der Waals surface area contributed by atoms with Crippen LogP contribution in [0.3, 0.4) is 0 Å². The molecule has 2 atom stereocenters. The van der Waals surface area contributed by atoms with Gasteiger partial charge in [0.2, 0.25) is 0 Å². The maximum atomic E-state index is 4.86. The molecule has 0 saturated heterocycles. The number of alkyl halides is 1. The van der Waals surface area contributed by atoms with E-state index in [2.05, 4.69) is 51.8 Å². The second-order valence-corrected chi connectivity index (χ2v) is 7.07. The molecule has 0 aliphatic heterocycles. The predicted octanol–water partition coefficient (Wildman–Crippen LogP) is 4.94. The number of halogens is 1. The van der Waals surface area contributed by atoms with E-state index in [9.17, 15) is 0 Å². The third-order valence-electron chi connectivity index (χ3n) is 4.56. The van der Waals surface area contributed by atoms with Crippen LogP contribution in [0.15, 0.2) is 24.3 Å². The van der Waals surface area contributed by atoms with Gasteiger partial charge in [0.05, 0.1) is 11.2 Å². The molecule has 3 rings (SSSR count). The van der Waals surface area contributed by atoms with Crippen LogP contribution in [0.4, 0.5) is 0 Å². The smallest absolute Gasteiger partial charge is 0.0706 e. The number of benzene rings is 1. The molecule has 2 unspecified atom stereocenters. The van der Waals surface area contributed by atoms with E-state index in [4.69, 9.17) is 5.10 Å². The van der Waals surface area contributed by atoms with Crippen LogP contribution in [0, 0.1) is 5.92 Å². The summed E-state index contributed by atoms with van der Waals surface area (Å²) in [5.41, 5.74) is 2.57.